The fraction of sp³-hybridized carbons (Fsp3) is 0.273. The lowest BCUT2D eigenvalue weighted by molar-refractivity contribution is 0.102. The van der Waals surface area contributed by atoms with E-state index in [1.54, 1.807) is 18.2 Å². The molecule has 1 N–H and O–H groups in total. The van der Waals surface area contributed by atoms with E-state index in [1.807, 2.05) is 24.3 Å². The summed E-state index contributed by atoms with van der Waals surface area (Å²) in [6.07, 6.45) is 4.99. The molecule has 6 heteroatoms. The fourth-order valence-electron chi connectivity index (χ4n) is 3.50. The summed E-state index contributed by atoms with van der Waals surface area (Å²) in [5.74, 6) is -0.775. The van der Waals surface area contributed by atoms with Crippen LogP contribution in [-0.4, -0.2) is 28.9 Å². The first-order chi connectivity index (χ1) is 13.7. The number of carbonyl (C=O) groups excluding carboxylic acids is 1. The second kappa shape index (κ2) is 8.35. The van der Waals surface area contributed by atoms with Gasteiger partial charge < -0.3 is 9.73 Å². The first-order valence-corrected chi connectivity index (χ1v) is 9.52. The molecule has 0 radical (unpaired) electrons. The fourth-order valence-corrected chi connectivity index (χ4v) is 3.50. The van der Waals surface area contributed by atoms with Crippen molar-refractivity contribution in [3.05, 3.63) is 72.0 Å². The molecule has 3 aromatic rings. The van der Waals surface area contributed by atoms with Crippen LogP contribution in [0.3, 0.4) is 0 Å². The highest BCUT2D eigenvalue weighted by Crippen LogP contribution is 2.26. The van der Waals surface area contributed by atoms with Gasteiger partial charge in [0.05, 0.1) is 5.56 Å². The summed E-state index contributed by atoms with van der Waals surface area (Å²) in [5, 5.41) is 2.81. The van der Waals surface area contributed by atoms with Crippen molar-refractivity contribution in [3.63, 3.8) is 0 Å². The Morgan fingerprint density at radius 2 is 1.82 bits per heavy atom. The van der Waals surface area contributed by atoms with Gasteiger partial charge in [0, 0.05) is 12.2 Å². The van der Waals surface area contributed by atoms with E-state index in [0.29, 0.717) is 5.69 Å². The molecule has 0 atom stereocenters. The molecule has 1 fully saturated rings. The van der Waals surface area contributed by atoms with Gasteiger partial charge in [-0.15, -0.1) is 0 Å². The molecule has 5 nitrogen and oxygen atoms in total. The van der Waals surface area contributed by atoms with Crippen LogP contribution in [0.5, 0.6) is 0 Å². The first-order valence-electron chi connectivity index (χ1n) is 9.52. The molecule has 0 spiro atoms. The Kier molecular flexibility index (Phi) is 5.48. The SMILES string of the molecule is O=C(Nc1ccc(CN2CCCCC2)cc1)c1ncoc1-c1ccccc1F. The van der Waals surface area contributed by atoms with Crippen molar-refractivity contribution in [1.82, 2.24) is 9.88 Å². The molecular weight excluding hydrogens is 357 g/mol. The molecule has 2 aromatic carbocycles. The van der Waals surface area contributed by atoms with Gasteiger partial charge in [0.2, 0.25) is 0 Å². The molecule has 1 saturated heterocycles. The van der Waals surface area contributed by atoms with Crippen LogP contribution in [-0.2, 0) is 6.54 Å². The number of likely N-dealkylation sites (tertiary alicyclic amines) is 1. The molecule has 1 aliphatic rings. The number of nitrogens with zero attached hydrogens (tertiary/aromatic N) is 2. The smallest absolute Gasteiger partial charge is 0.278 e. The predicted molar refractivity (Wildman–Crippen MR) is 105 cm³/mol. The Morgan fingerprint density at radius 3 is 2.57 bits per heavy atom. The number of halogens is 1. The average molecular weight is 379 g/mol. The average Bonchev–Trinajstić information content (AvgIpc) is 3.20. The highest BCUT2D eigenvalue weighted by atomic mass is 19.1. The van der Waals surface area contributed by atoms with Crippen molar-refractivity contribution < 1.29 is 13.6 Å². The molecule has 0 bridgehead atoms. The third-order valence-corrected chi connectivity index (χ3v) is 4.97. The summed E-state index contributed by atoms with van der Waals surface area (Å²) in [6, 6.07) is 13.9. The first kappa shape index (κ1) is 18.4. The van der Waals surface area contributed by atoms with E-state index in [4.69, 9.17) is 4.42 Å². The Balaban J connectivity index is 1.44. The van der Waals surface area contributed by atoms with Crippen molar-refractivity contribution in [1.29, 1.82) is 0 Å². The summed E-state index contributed by atoms with van der Waals surface area (Å²) in [7, 11) is 0. The van der Waals surface area contributed by atoms with Crippen LogP contribution in [0.2, 0.25) is 0 Å². The number of benzene rings is 2. The maximum atomic E-state index is 14.0. The minimum Gasteiger partial charge on any atom is -0.443 e. The van der Waals surface area contributed by atoms with Crippen molar-refractivity contribution in [2.45, 2.75) is 25.8 Å². The number of hydrogen-bond acceptors (Lipinski definition) is 4. The van der Waals surface area contributed by atoms with Gasteiger partial charge in [-0.3, -0.25) is 9.69 Å². The second-order valence-corrected chi connectivity index (χ2v) is 7.00. The Hall–Kier alpha value is -2.99. The minimum atomic E-state index is -0.463. The molecular formula is C22H22FN3O2. The zero-order chi connectivity index (χ0) is 19.3. The monoisotopic (exact) mass is 379 g/mol. The number of anilines is 1. The van der Waals surface area contributed by atoms with E-state index in [-0.39, 0.29) is 17.0 Å². The van der Waals surface area contributed by atoms with Gasteiger partial charge >= 0.3 is 0 Å². The Labute approximate surface area is 163 Å². The van der Waals surface area contributed by atoms with Crippen LogP contribution in [0.15, 0.2) is 59.3 Å². The molecule has 2 heterocycles. The zero-order valence-corrected chi connectivity index (χ0v) is 15.5. The van der Waals surface area contributed by atoms with Crippen molar-refractivity contribution in [2.24, 2.45) is 0 Å². The number of aromatic nitrogens is 1. The lowest BCUT2D eigenvalue weighted by Gasteiger charge is -2.26. The lowest BCUT2D eigenvalue weighted by Crippen LogP contribution is -2.29. The topological polar surface area (TPSA) is 58.4 Å². The van der Waals surface area contributed by atoms with Gasteiger partial charge in [0.15, 0.2) is 17.8 Å². The van der Waals surface area contributed by atoms with Crippen LogP contribution in [0.1, 0.15) is 35.3 Å². The summed E-state index contributed by atoms with van der Waals surface area (Å²) in [5.41, 5.74) is 2.15. The van der Waals surface area contributed by atoms with E-state index in [0.717, 1.165) is 26.0 Å². The number of carbonyl (C=O) groups is 1. The van der Waals surface area contributed by atoms with E-state index in [1.165, 1.54) is 30.9 Å². The minimum absolute atomic E-state index is 0.0579. The van der Waals surface area contributed by atoms with E-state index < -0.39 is 11.7 Å². The zero-order valence-electron chi connectivity index (χ0n) is 15.5. The standard InChI is InChI=1S/C22H22FN3O2/c23-19-7-3-2-6-18(19)21-20(24-15-28-21)22(27)25-17-10-8-16(9-11-17)14-26-12-4-1-5-13-26/h2-3,6-11,15H,1,4-5,12-14H2,(H,25,27). The highest BCUT2D eigenvalue weighted by Gasteiger charge is 2.20. The van der Waals surface area contributed by atoms with Crippen LogP contribution in [0, 0.1) is 5.82 Å². The van der Waals surface area contributed by atoms with Gasteiger partial charge in [-0.25, -0.2) is 9.37 Å². The van der Waals surface area contributed by atoms with Gasteiger partial charge in [0.1, 0.15) is 5.82 Å². The summed E-state index contributed by atoms with van der Waals surface area (Å²) < 4.78 is 19.3. The van der Waals surface area contributed by atoms with Gasteiger partial charge in [-0.05, 0) is 55.8 Å². The van der Waals surface area contributed by atoms with Crippen LogP contribution < -0.4 is 5.32 Å². The maximum Gasteiger partial charge on any atom is 0.278 e. The summed E-state index contributed by atoms with van der Waals surface area (Å²) >= 11 is 0. The predicted octanol–water partition coefficient (Wildman–Crippen LogP) is 4.72. The summed E-state index contributed by atoms with van der Waals surface area (Å²) in [4.78, 5) is 19.0. The van der Waals surface area contributed by atoms with Gasteiger partial charge in [0.25, 0.3) is 5.91 Å². The third-order valence-electron chi connectivity index (χ3n) is 4.97. The van der Waals surface area contributed by atoms with Crippen molar-refractivity contribution >= 4 is 11.6 Å². The number of nitrogens with one attached hydrogen (secondary N) is 1. The molecule has 0 unspecified atom stereocenters. The van der Waals surface area contributed by atoms with Crippen LogP contribution in [0.4, 0.5) is 10.1 Å². The Morgan fingerprint density at radius 1 is 1.07 bits per heavy atom. The molecule has 1 amide bonds. The number of hydrogen-bond donors (Lipinski definition) is 1. The summed E-state index contributed by atoms with van der Waals surface area (Å²) in [6.45, 7) is 3.21. The van der Waals surface area contributed by atoms with Crippen molar-refractivity contribution in [3.8, 4) is 11.3 Å². The van der Waals surface area contributed by atoms with Crippen LogP contribution in [0.25, 0.3) is 11.3 Å². The van der Waals surface area contributed by atoms with Gasteiger partial charge in [-0.2, -0.15) is 0 Å². The number of rotatable bonds is 5. The maximum absolute atomic E-state index is 14.0. The normalized spacial score (nSPS) is 14.8. The lowest BCUT2D eigenvalue weighted by atomic mass is 10.1. The van der Waals surface area contributed by atoms with E-state index >= 15 is 0 Å². The molecule has 1 aliphatic heterocycles. The molecule has 28 heavy (non-hydrogen) atoms. The quantitative estimate of drug-likeness (QED) is 0.697. The van der Waals surface area contributed by atoms with Gasteiger partial charge in [-0.1, -0.05) is 30.7 Å². The van der Waals surface area contributed by atoms with E-state index in [9.17, 15) is 9.18 Å². The largest absolute Gasteiger partial charge is 0.443 e. The van der Waals surface area contributed by atoms with Crippen molar-refractivity contribution in [2.75, 3.05) is 18.4 Å². The van der Waals surface area contributed by atoms with Crippen LogP contribution >= 0.6 is 0 Å². The number of piperidine rings is 1. The van der Waals surface area contributed by atoms with E-state index in [2.05, 4.69) is 15.2 Å². The number of amides is 1. The molecule has 0 aliphatic carbocycles. The highest BCUT2D eigenvalue weighted by molar-refractivity contribution is 6.06. The Bertz CT molecular complexity index is 946. The molecule has 144 valence electrons. The molecule has 1 aromatic heterocycles. The molecule has 4 rings (SSSR count). The third kappa shape index (κ3) is 4.12. The second-order valence-electron chi connectivity index (χ2n) is 7.00. The molecule has 0 saturated carbocycles. The number of oxazole rings is 1.